The third-order valence-electron chi connectivity index (χ3n) is 4.30. The predicted molar refractivity (Wildman–Crippen MR) is 102 cm³/mol. The summed E-state index contributed by atoms with van der Waals surface area (Å²) in [6, 6.07) is 11.4. The van der Waals surface area contributed by atoms with Gasteiger partial charge in [-0.2, -0.15) is 0 Å². The number of carbonyl (C=O) groups is 2. The number of halogens is 1. The maximum atomic E-state index is 13.4. The zero-order chi connectivity index (χ0) is 19.6. The molecule has 1 aromatic heterocycles. The molecular formula is C21H21FN2O3. The minimum atomic E-state index is -0.372. The molecule has 2 N–H and O–H groups in total. The average Bonchev–Trinajstić information content (AvgIpc) is 2.97. The van der Waals surface area contributed by atoms with E-state index in [4.69, 9.17) is 4.42 Å². The summed E-state index contributed by atoms with van der Waals surface area (Å²) in [5.74, 6) is -0.696. The highest BCUT2D eigenvalue weighted by Crippen LogP contribution is 2.26. The van der Waals surface area contributed by atoms with E-state index in [0.717, 1.165) is 5.56 Å². The molecule has 0 radical (unpaired) electrons. The summed E-state index contributed by atoms with van der Waals surface area (Å²) in [5, 5.41) is 6.20. The van der Waals surface area contributed by atoms with Gasteiger partial charge in [-0.25, -0.2) is 4.39 Å². The second kappa shape index (κ2) is 7.61. The van der Waals surface area contributed by atoms with E-state index in [0.29, 0.717) is 28.8 Å². The fourth-order valence-corrected chi connectivity index (χ4v) is 2.66. The van der Waals surface area contributed by atoms with Gasteiger partial charge in [0.15, 0.2) is 5.76 Å². The Balaban J connectivity index is 1.65. The standard InChI is InChI=1S/C21H21FN2O3/c1-12(2)20(25)24-16-7-4-14(5-8-16)11-23-21(26)19-13(3)17-10-15(22)6-9-18(17)27-19/h4-10,12H,11H2,1-3H3,(H,23,26)(H,24,25). The molecule has 1 heterocycles. The van der Waals surface area contributed by atoms with Crippen LogP contribution in [0.4, 0.5) is 10.1 Å². The predicted octanol–water partition coefficient (Wildman–Crippen LogP) is 4.40. The van der Waals surface area contributed by atoms with Crippen LogP contribution in [0.3, 0.4) is 0 Å². The molecule has 0 aliphatic carbocycles. The molecule has 3 aromatic rings. The molecule has 0 spiro atoms. The number of amides is 2. The number of fused-ring (bicyclic) bond motifs is 1. The molecule has 0 fully saturated rings. The normalized spacial score (nSPS) is 11.0. The third kappa shape index (κ3) is 4.16. The largest absolute Gasteiger partial charge is 0.451 e. The summed E-state index contributed by atoms with van der Waals surface area (Å²) in [6.07, 6.45) is 0. The summed E-state index contributed by atoms with van der Waals surface area (Å²) >= 11 is 0. The van der Waals surface area contributed by atoms with Crippen LogP contribution in [0.15, 0.2) is 46.9 Å². The van der Waals surface area contributed by atoms with Crippen LogP contribution in [-0.2, 0) is 11.3 Å². The van der Waals surface area contributed by atoms with E-state index in [1.165, 1.54) is 18.2 Å². The Hall–Kier alpha value is -3.15. The van der Waals surface area contributed by atoms with Crippen LogP contribution in [0.5, 0.6) is 0 Å². The van der Waals surface area contributed by atoms with Gasteiger partial charge >= 0.3 is 0 Å². The first-order valence-corrected chi connectivity index (χ1v) is 8.72. The van der Waals surface area contributed by atoms with Crippen molar-refractivity contribution in [2.75, 3.05) is 5.32 Å². The zero-order valence-corrected chi connectivity index (χ0v) is 15.4. The van der Waals surface area contributed by atoms with Gasteiger partial charge in [0.05, 0.1) is 0 Å². The lowest BCUT2D eigenvalue weighted by Gasteiger charge is -2.09. The molecule has 6 heteroatoms. The smallest absolute Gasteiger partial charge is 0.287 e. The van der Waals surface area contributed by atoms with Crippen LogP contribution in [0.1, 0.15) is 35.5 Å². The summed E-state index contributed by atoms with van der Waals surface area (Å²) in [7, 11) is 0. The Morgan fingerprint density at radius 1 is 1.11 bits per heavy atom. The van der Waals surface area contributed by atoms with Crippen molar-refractivity contribution in [2.24, 2.45) is 5.92 Å². The molecule has 0 aliphatic rings. The first kappa shape index (κ1) is 18.6. The van der Waals surface area contributed by atoms with Crippen LogP contribution in [-0.4, -0.2) is 11.8 Å². The van der Waals surface area contributed by atoms with Crippen LogP contribution < -0.4 is 10.6 Å². The molecule has 140 valence electrons. The lowest BCUT2D eigenvalue weighted by molar-refractivity contribution is -0.118. The minimum Gasteiger partial charge on any atom is -0.451 e. The number of nitrogens with one attached hydrogen (secondary N) is 2. The van der Waals surface area contributed by atoms with Crippen LogP contribution in [0, 0.1) is 18.7 Å². The second-order valence-electron chi connectivity index (χ2n) is 6.72. The molecule has 2 amide bonds. The maximum absolute atomic E-state index is 13.4. The van der Waals surface area contributed by atoms with Crippen molar-refractivity contribution in [3.8, 4) is 0 Å². The van der Waals surface area contributed by atoms with Gasteiger partial charge in [0, 0.05) is 29.1 Å². The van der Waals surface area contributed by atoms with Crippen LogP contribution in [0.2, 0.25) is 0 Å². The van der Waals surface area contributed by atoms with Crippen molar-refractivity contribution >= 4 is 28.5 Å². The first-order valence-electron chi connectivity index (χ1n) is 8.72. The number of anilines is 1. The number of aryl methyl sites for hydroxylation is 1. The summed E-state index contributed by atoms with van der Waals surface area (Å²) in [5.41, 5.74) is 2.67. The van der Waals surface area contributed by atoms with E-state index < -0.39 is 0 Å². The Labute approximate surface area is 156 Å². The van der Waals surface area contributed by atoms with Crippen LogP contribution >= 0.6 is 0 Å². The highest BCUT2D eigenvalue weighted by molar-refractivity contribution is 5.98. The van der Waals surface area contributed by atoms with Gasteiger partial charge in [0.25, 0.3) is 5.91 Å². The number of hydrogen-bond acceptors (Lipinski definition) is 3. The van der Waals surface area contributed by atoms with E-state index >= 15 is 0 Å². The van der Waals surface area contributed by atoms with Gasteiger partial charge in [0.2, 0.25) is 5.91 Å². The molecule has 0 unspecified atom stereocenters. The molecule has 0 bridgehead atoms. The van der Waals surface area contributed by atoms with Crippen molar-refractivity contribution in [3.05, 3.63) is 65.2 Å². The van der Waals surface area contributed by atoms with E-state index in [1.54, 1.807) is 19.1 Å². The quantitative estimate of drug-likeness (QED) is 0.701. The summed E-state index contributed by atoms with van der Waals surface area (Å²) in [4.78, 5) is 24.1. The molecule has 3 rings (SSSR count). The SMILES string of the molecule is Cc1c(C(=O)NCc2ccc(NC(=O)C(C)C)cc2)oc2ccc(F)cc12. The van der Waals surface area contributed by atoms with Gasteiger partial charge in [-0.1, -0.05) is 26.0 Å². The topological polar surface area (TPSA) is 71.3 Å². The Morgan fingerprint density at radius 2 is 1.81 bits per heavy atom. The highest BCUT2D eigenvalue weighted by Gasteiger charge is 2.17. The number of carbonyl (C=O) groups excluding carboxylic acids is 2. The number of hydrogen-bond donors (Lipinski definition) is 2. The van der Waals surface area contributed by atoms with Crippen molar-refractivity contribution in [1.82, 2.24) is 5.32 Å². The van der Waals surface area contributed by atoms with Gasteiger partial charge in [-0.3, -0.25) is 9.59 Å². The first-order chi connectivity index (χ1) is 12.8. The summed E-state index contributed by atoms with van der Waals surface area (Å²) in [6.45, 7) is 5.69. The van der Waals surface area contributed by atoms with Crippen molar-refractivity contribution in [3.63, 3.8) is 0 Å². The molecule has 0 aliphatic heterocycles. The Morgan fingerprint density at radius 3 is 2.48 bits per heavy atom. The molecule has 5 nitrogen and oxygen atoms in total. The van der Waals surface area contributed by atoms with Crippen molar-refractivity contribution < 1.29 is 18.4 Å². The van der Waals surface area contributed by atoms with E-state index in [9.17, 15) is 14.0 Å². The van der Waals surface area contributed by atoms with Gasteiger partial charge in [0.1, 0.15) is 11.4 Å². The molecule has 2 aromatic carbocycles. The maximum Gasteiger partial charge on any atom is 0.287 e. The number of furan rings is 1. The molecule has 0 saturated heterocycles. The lowest BCUT2D eigenvalue weighted by Crippen LogP contribution is -2.23. The van der Waals surface area contributed by atoms with Crippen LogP contribution in [0.25, 0.3) is 11.0 Å². The van der Waals surface area contributed by atoms with Crippen molar-refractivity contribution in [2.45, 2.75) is 27.3 Å². The third-order valence-corrected chi connectivity index (χ3v) is 4.30. The Kier molecular flexibility index (Phi) is 5.26. The van der Waals surface area contributed by atoms with E-state index in [2.05, 4.69) is 10.6 Å². The van der Waals surface area contributed by atoms with Gasteiger partial charge < -0.3 is 15.1 Å². The zero-order valence-electron chi connectivity index (χ0n) is 15.4. The fourth-order valence-electron chi connectivity index (χ4n) is 2.66. The number of rotatable bonds is 5. The minimum absolute atomic E-state index is 0.0483. The Bertz CT molecular complexity index is 991. The molecule has 0 saturated carbocycles. The van der Waals surface area contributed by atoms with Crippen molar-refractivity contribution in [1.29, 1.82) is 0 Å². The van der Waals surface area contributed by atoms with E-state index in [-0.39, 0.29) is 29.3 Å². The molecular weight excluding hydrogens is 347 g/mol. The van der Waals surface area contributed by atoms with E-state index in [1.807, 2.05) is 26.0 Å². The monoisotopic (exact) mass is 368 g/mol. The lowest BCUT2D eigenvalue weighted by atomic mass is 10.1. The number of benzene rings is 2. The fraction of sp³-hybridized carbons (Fsp3) is 0.238. The van der Waals surface area contributed by atoms with Gasteiger partial charge in [-0.05, 0) is 42.8 Å². The molecule has 27 heavy (non-hydrogen) atoms. The highest BCUT2D eigenvalue weighted by atomic mass is 19.1. The van der Waals surface area contributed by atoms with Gasteiger partial charge in [-0.15, -0.1) is 0 Å². The molecule has 0 atom stereocenters. The average molecular weight is 368 g/mol. The second-order valence-corrected chi connectivity index (χ2v) is 6.72. The summed E-state index contributed by atoms with van der Waals surface area (Å²) < 4.78 is 18.9.